The minimum atomic E-state index is -2.61. The molecule has 0 bridgehead atoms. The summed E-state index contributed by atoms with van der Waals surface area (Å²) in [6.07, 6.45) is 0. The van der Waals surface area contributed by atoms with Crippen LogP contribution in [0.15, 0.2) is 15.7 Å². The van der Waals surface area contributed by atoms with Crippen LogP contribution in [-0.2, 0) is 0 Å². The van der Waals surface area contributed by atoms with E-state index in [2.05, 4.69) is 4.98 Å². The van der Waals surface area contributed by atoms with Gasteiger partial charge in [0.2, 0.25) is 0 Å². The maximum absolute atomic E-state index is 11.5. The third-order valence-corrected chi connectivity index (χ3v) is 6.78. The number of nitrogens with zero attached hydrogens (tertiary/aromatic N) is 1. The third kappa shape index (κ3) is 2.24. The van der Waals surface area contributed by atoms with E-state index < -0.39 is 18.7 Å². The van der Waals surface area contributed by atoms with Gasteiger partial charge in [-0.25, -0.2) is 0 Å². The first-order valence-corrected chi connectivity index (χ1v) is 14.0. The molecule has 0 unspecified atom stereocenters. The molecule has 1 aromatic heterocycles. The summed E-state index contributed by atoms with van der Waals surface area (Å²) in [6.45, 7) is 1.71. The number of aryl methyl sites for hydroxylation is 1. The van der Waals surface area contributed by atoms with Gasteiger partial charge in [0.25, 0.3) is 0 Å². The van der Waals surface area contributed by atoms with Crippen molar-refractivity contribution in [1.29, 1.82) is 0 Å². The molecule has 13 heavy (non-hydrogen) atoms. The van der Waals surface area contributed by atoms with Gasteiger partial charge in [-0.1, -0.05) is 0 Å². The van der Waals surface area contributed by atoms with Gasteiger partial charge < -0.3 is 0 Å². The van der Waals surface area contributed by atoms with Crippen LogP contribution in [-0.4, -0.2) is 26.4 Å². The fourth-order valence-electron chi connectivity index (χ4n) is 1.25. The molecule has 1 rings (SSSR count). The molecule has 72 valence electrons. The molecule has 0 fully saturated rings. The molecule has 0 amide bonds. The van der Waals surface area contributed by atoms with Crippen molar-refractivity contribution in [2.24, 2.45) is 0 Å². The predicted octanol–water partition coefficient (Wildman–Crippen LogP) is 0.528. The quantitative estimate of drug-likeness (QED) is 0.767. The number of rotatable bonds is 1. The topological polar surface area (TPSA) is 54.9 Å². The van der Waals surface area contributed by atoms with Crippen molar-refractivity contribution < 1.29 is 0 Å². The number of hydrogen-bond acceptors (Lipinski definition) is 2. The van der Waals surface area contributed by atoms with Crippen molar-refractivity contribution in [3.63, 3.8) is 0 Å². The van der Waals surface area contributed by atoms with E-state index in [9.17, 15) is 9.59 Å². The summed E-state index contributed by atoms with van der Waals surface area (Å²) >= 11 is -2.61. The first-order chi connectivity index (χ1) is 5.82. The van der Waals surface area contributed by atoms with E-state index in [4.69, 9.17) is 0 Å². The van der Waals surface area contributed by atoms with Crippen molar-refractivity contribution in [2.75, 3.05) is 0 Å². The zero-order valence-electron chi connectivity index (χ0n) is 8.34. The Morgan fingerprint density at radius 2 is 1.85 bits per heavy atom. The minimum absolute atomic E-state index is 0.162. The Balaban J connectivity index is 3.58. The molecule has 0 aliphatic carbocycles. The Morgan fingerprint density at radius 1 is 1.31 bits per heavy atom. The Kier molecular flexibility index (Phi) is 2.70. The van der Waals surface area contributed by atoms with E-state index in [0.717, 1.165) is 0 Å². The summed E-state index contributed by atoms with van der Waals surface area (Å²) in [5, 5.41) is 0. The first kappa shape index (κ1) is 10.6. The van der Waals surface area contributed by atoms with Crippen LogP contribution in [0, 0.1) is 6.92 Å². The van der Waals surface area contributed by atoms with Gasteiger partial charge in [0, 0.05) is 0 Å². The van der Waals surface area contributed by atoms with Crippen LogP contribution < -0.4 is 11.2 Å². The number of aromatic nitrogens is 2. The first-order valence-electron chi connectivity index (χ1n) is 4.16. The molecular weight excluding hydrogens is 275 g/mol. The van der Waals surface area contributed by atoms with Crippen molar-refractivity contribution in [3.8, 4) is 0 Å². The summed E-state index contributed by atoms with van der Waals surface area (Å²) in [6, 6.07) is 1.48. The van der Waals surface area contributed by atoms with E-state index in [1.807, 2.05) is 14.8 Å². The molecule has 5 heteroatoms. The van der Waals surface area contributed by atoms with Gasteiger partial charge in [0.1, 0.15) is 0 Å². The number of H-pyrrole nitrogens is 1. The van der Waals surface area contributed by atoms with Crippen LogP contribution >= 0.6 is 0 Å². The van der Waals surface area contributed by atoms with Crippen molar-refractivity contribution in [1.82, 2.24) is 7.77 Å². The maximum atomic E-state index is 11.5. The van der Waals surface area contributed by atoms with Crippen LogP contribution in [0.3, 0.4) is 0 Å². The Morgan fingerprint density at radius 3 is 2.23 bits per heavy atom. The average molecular weight is 289 g/mol. The number of nitrogens with one attached hydrogen (secondary N) is 1. The monoisotopic (exact) mass is 290 g/mol. The Bertz CT molecular complexity index is 394. The molecule has 0 aliphatic rings. The molecule has 0 radical (unpaired) electrons. The fraction of sp³-hybridized carbons (Fsp3) is 0.500. The van der Waals surface area contributed by atoms with Crippen molar-refractivity contribution in [3.05, 3.63) is 32.6 Å². The molecule has 1 heterocycles. The van der Waals surface area contributed by atoms with Gasteiger partial charge in [-0.05, 0) is 0 Å². The van der Waals surface area contributed by atoms with E-state index in [0.29, 0.717) is 5.69 Å². The van der Waals surface area contributed by atoms with Crippen LogP contribution in [0.2, 0.25) is 14.8 Å². The molecule has 0 spiro atoms. The summed E-state index contributed by atoms with van der Waals surface area (Å²) in [5.41, 5.74) is 0.208. The van der Waals surface area contributed by atoms with Gasteiger partial charge in [-0.2, -0.15) is 0 Å². The second-order valence-corrected chi connectivity index (χ2v) is 17.8. The normalized spacial score (nSPS) is 11.7. The molecule has 0 saturated carbocycles. The molecule has 0 aromatic carbocycles. The van der Waals surface area contributed by atoms with Crippen molar-refractivity contribution in [2.45, 2.75) is 21.7 Å². The van der Waals surface area contributed by atoms with E-state index in [-0.39, 0.29) is 11.2 Å². The molecule has 4 nitrogen and oxygen atoms in total. The zero-order chi connectivity index (χ0) is 10.2. The van der Waals surface area contributed by atoms with E-state index in [1.165, 1.54) is 8.86 Å². The third-order valence-electron chi connectivity index (χ3n) is 1.74. The van der Waals surface area contributed by atoms with Crippen molar-refractivity contribution >= 4 is 18.7 Å². The predicted molar refractivity (Wildman–Crippen MR) is 54.8 cm³/mol. The van der Waals surface area contributed by atoms with Crippen LogP contribution in [0.1, 0.15) is 5.69 Å². The van der Waals surface area contributed by atoms with Crippen LogP contribution in [0.5, 0.6) is 0 Å². The van der Waals surface area contributed by atoms with Crippen LogP contribution in [0.25, 0.3) is 0 Å². The molecular formula is C8H14N2O2Sn. The average Bonchev–Trinajstić information content (AvgIpc) is 1.78. The molecule has 1 aromatic rings. The van der Waals surface area contributed by atoms with Gasteiger partial charge >= 0.3 is 80.8 Å². The standard InChI is InChI=1S/C5H6N2O2.3CH3.Sn/c1-3-2-4(8)7-5(9)6-3;;;;/h2H,1H3,(H2,6,7,8,9);3*1H3;/q;;;;+1/p-1. The Labute approximate surface area is 80.8 Å². The summed E-state index contributed by atoms with van der Waals surface area (Å²) in [4.78, 5) is 31.7. The molecule has 1 N–H and O–H groups in total. The second-order valence-electron chi connectivity index (χ2n) is 4.10. The summed E-state index contributed by atoms with van der Waals surface area (Å²) in [5.74, 6) is 0. The fourth-order valence-corrected chi connectivity index (χ4v) is 5.22. The van der Waals surface area contributed by atoms with Gasteiger partial charge in [-0.15, -0.1) is 0 Å². The van der Waals surface area contributed by atoms with E-state index in [1.54, 1.807) is 6.92 Å². The molecule has 0 atom stereocenters. The van der Waals surface area contributed by atoms with E-state index >= 15 is 0 Å². The SMILES string of the molecule is Cc1cc(=O)[n]([Sn]([CH3])([CH3])[CH3])c(=O)[nH]1. The molecule has 0 saturated heterocycles. The zero-order valence-corrected chi connectivity index (χ0v) is 11.2. The summed E-state index contributed by atoms with van der Waals surface area (Å²) < 4.78 is 1.42. The second kappa shape index (κ2) is 3.32. The molecule has 0 aliphatic heterocycles. The number of hydrogen-bond donors (Lipinski definition) is 1. The van der Waals surface area contributed by atoms with Crippen LogP contribution in [0.4, 0.5) is 0 Å². The van der Waals surface area contributed by atoms with Gasteiger partial charge in [-0.3, -0.25) is 0 Å². The van der Waals surface area contributed by atoms with Gasteiger partial charge in [0.05, 0.1) is 0 Å². The van der Waals surface area contributed by atoms with Gasteiger partial charge in [0.15, 0.2) is 0 Å². The summed E-state index contributed by atoms with van der Waals surface area (Å²) in [7, 11) is 0. The Hall–Kier alpha value is -0.521. The number of aromatic amines is 1.